The van der Waals surface area contributed by atoms with Crippen molar-refractivity contribution in [3.63, 3.8) is 0 Å². The number of fused-ring (bicyclic) bond motifs is 6. The van der Waals surface area contributed by atoms with E-state index in [1.165, 1.54) is 11.1 Å². The van der Waals surface area contributed by atoms with E-state index >= 15 is 0 Å². The maximum Gasteiger partial charge on any atom is 0.136 e. The fourth-order valence-electron chi connectivity index (χ4n) is 10.6. The second-order valence-corrected chi connectivity index (χ2v) is 16.4. The lowest BCUT2D eigenvalue weighted by Gasteiger charge is -2.56. The maximum absolute atomic E-state index is 12.1. The van der Waals surface area contributed by atoms with Gasteiger partial charge in [0.1, 0.15) is 24.1 Å². The molecule has 2 bridgehead atoms. The molecule has 48 heavy (non-hydrogen) atoms. The molecule has 0 amide bonds. The first-order valence-electron chi connectivity index (χ1n) is 18.3. The van der Waals surface area contributed by atoms with Gasteiger partial charge in [0.05, 0.1) is 6.61 Å². The summed E-state index contributed by atoms with van der Waals surface area (Å²) in [5.41, 5.74) is 7.27. The molecule has 4 nitrogen and oxygen atoms in total. The molecule has 0 radical (unpaired) electrons. The van der Waals surface area contributed by atoms with Gasteiger partial charge in [-0.15, -0.1) is 0 Å². The van der Waals surface area contributed by atoms with Crippen LogP contribution < -0.4 is 4.74 Å². The van der Waals surface area contributed by atoms with Crippen LogP contribution in [0.25, 0.3) is 11.1 Å². The van der Waals surface area contributed by atoms with Gasteiger partial charge >= 0.3 is 0 Å². The summed E-state index contributed by atoms with van der Waals surface area (Å²) < 4.78 is 6.29. The lowest BCUT2D eigenvalue weighted by Crippen LogP contribution is -2.50. The third kappa shape index (κ3) is 5.17. The highest BCUT2D eigenvalue weighted by Crippen LogP contribution is 2.64. The van der Waals surface area contributed by atoms with E-state index in [1.807, 2.05) is 24.3 Å². The van der Waals surface area contributed by atoms with Crippen LogP contribution in [0.5, 0.6) is 5.75 Å². The van der Waals surface area contributed by atoms with Crippen molar-refractivity contribution >= 4 is 0 Å². The van der Waals surface area contributed by atoms with E-state index in [0.29, 0.717) is 36.7 Å². The number of rotatable bonds is 6. The summed E-state index contributed by atoms with van der Waals surface area (Å²) in [4.78, 5) is 0. The molecule has 4 heteroatoms. The number of allylic oxidation sites excluding steroid dienone is 1. The van der Waals surface area contributed by atoms with Crippen LogP contribution in [0.4, 0.5) is 0 Å². The van der Waals surface area contributed by atoms with E-state index in [-0.39, 0.29) is 17.4 Å². The van der Waals surface area contributed by atoms with E-state index in [0.717, 1.165) is 84.4 Å². The average molecular weight is 643 g/mol. The first-order chi connectivity index (χ1) is 23.1. The molecule has 0 spiro atoms. The minimum Gasteiger partial charge on any atom is -0.489 e. The predicted octanol–water partition coefficient (Wildman–Crippen LogP) is 8.37. The summed E-state index contributed by atoms with van der Waals surface area (Å²) in [5, 5.41) is 32.6. The first-order valence-corrected chi connectivity index (χ1v) is 18.3. The molecule has 0 heterocycles. The lowest BCUT2D eigenvalue weighted by molar-refractivity contribution is -0.0650. The zero-order valence-corrected chi connectivity index (χ0v) is 28.7. The maximum atomic E-state index is 12.1. The molecule has 3 aromatic rings. The summed E-state index contributed by atoms with van der Waals surface area (Å²) in [7, 11) is 0. The highest BCUT2D eigenvalue weighted by Gasteiger charge is 2.61. The highest BCUT2D eigenvalue weighted by atomic mass is 16.5. The molecule has 3 aromatic carbocycles. The minimum atomic E-state index is -1.04. The fraction of sp³-hybridized carbons (Fsp3) is 0.500. The fourth-order valence-corrected chi connectivity index (χ4v) is 10.6. The van der Waals surface area contributed by atoms with E-state index in [9.17, 15) is 15.3 Å². The van der Waals surface area contributed by atoms with Crippen LogP contribution in [0, 0.1) is 46.3 Å². The van der Waals surface area contributed by atoms with Crippen molar-refractivity contribution in [1.29, 1.82) is 0 Å². The quantitative estimate of drug-likeness (QED) is 0.187. The molecule has 8 atom stereocenters. The Morgan fingerprint density at radius 3 is 2.31 bits per heavy atom. The summed E-state index contributed by atoms with van der Waals surface area (Å²) in [6.45, 7) is 7.52. The third-order valence-corrected chi connectivity index (χ3v) is 13.9. The van der Waals surface area contributed by atoms with E-state index in [4.69, 9.17) is 4.74 Å². The largest absolute Gasteiger partial charge is 0.489 e. The Labute approximate surface area is 286 Å². The van der Waals surface area contributed by atoms with Crippen LogP contribution in [-0.4, -0.2) is 27.0 Å². The zero-order valence-electron chi connectivity index (χ0n) is 28.7. The number of aliphatic hydroxyl groups is 3. The number of benzene rings is 3. The number of ether oxygens (including phenoxy) is 1. The molecule has 6 aliphatic carbocycles. The van der Waals surface area contributed by atoms with Gasteiger partial charge in [-0.1, -0.05) is 93.3 Å². The van der Waals surface area contributed by atoms with Crippen LogP contribution in [0.3, 0.4) is 0 Å². The molecule has 3 fully saturated rings. The molecule has 250 valence electrons. The van der Waals surface area contributed by atoms with Crippen LogP contribution in [0.15, 0.2) is 78.4 Å². The van der Waals surface area contributed by atoms with Gasteiger partial charge < -0.3 is 20.1 Å². The Balaban J connectivity index is 0.921. The molecule has 0 aromatic heterocycles. The van der Waals surface area contributed by atoms with E-state index in [2.05, 4.69) is 81.2 Å². The lowest BCUT2D eigenvalue weighted by atomic mass is 9.48. The van der Waals surface area contributed by atoms with Gasteiger partial charge in [-0.05, 0) is 137 Å². The first kappa shape index (κ1) is 31.9. The van der Waals surface area contributed by atoms with Crippen molar-refractivity contribution in [2.75, 3.05) is 0 Å². The second kappa shape index (κ2) is 11.9. The average Bonchev–Trinajstić information content (AvgIpc) is 3.39. The molecular weight excluding hydrogens is 592 g/mol. The molecule has 6 aliphatic rings. The second-order valence-electron chi connectivity index (χ2n) is 16.4. The SMILES string of the molecule is CC1(C)[C@H]2CC=C(C(O)C#C[C@]3(O)CC[C@H]4[C@@H]5CCc6cc(OCc7ccc(-c8ccc(CO)cc8)cc7)ccc6[C@H]5CC[C@@]43C)[C@@H]1C2. The van der Waals surface area contributed by atoms with Gasteiger partial charge in [-0.2, -0.15) is 0 Å². The molecule has 0 aliphatic heterocycles. The predicted molar refractivity (Wildman–Crippen MR) is 190 cm³/mol. The van der Waals surface area contributed by atoms with Crippen molar-refractivity contribution in [2.24, 2.45) is 34.5 Å². The third-order valence-electron chi connectivity index (χ3n) is 13.9. The summed E-state index contributed by atoms with van der Waals surface area (Å²) in [6.07, 6.45) is 9.56. The zero-order chi connectivity index (χ0) is 33.3. The minimum absolute atomic E-state index is 0.0608. The highest BCUT2D eigenvalue weighted by molar-refractivity contribution is 5.64. The standard InChI is InChI=1S/C44H50O4/c1-42(2)33-13-16-38(40(42)25-33)41(46)20-23-44(47)22-19-39-37-15-12-32-24-34(14-17-35(32)36(37)18-21-43(39,44)3)48-27-29-6-10-31(11-7-29)30-8-4-28(26-45)5-9-30/h4-11,14,16-17,24,33,36-37,39-41,45-47H,12-13,15,18-19,21-22,25-27H2,1-3H3/t33-,36+,37+,39-,40-,41?,43-,44+/m0/s1. The number of hydrogen-bond donors (Lipinski definition) is 3. The number of hydrogen-bond acceptors (Lipinski definition) is 4. The molecule has 3 N–H and O–H groups in total. The smallest absolute Gasteiger partial charge is 0.136 e. The number of aliphatic hydroxyl groups excluding tert-OH is 2. The Morgan fingerprint density at radius 2 is 1.62 bits per heavy atom. The van der Waals surface area contributed by atoms with Gasteiger partial charge in [0, 0.05) is 5.41 Å². The van der Waals surface area contributed by atoms with Crippen molar-refractivity contribution in [2.45, 2.75) is 103 Å². The topological polar surface area (TPSA) is 69.9 Å². The molecular formula is C44H50O4. The van der Waals surface area contributed by atoms with Gasteiger partial charge in [-0.3, -0.25) is 0 Å². The van der Waals surface area contributed by atoms with Gasteiger partial charge in [0.2, 0.25) is 0 Å². The summed E-state index contributed by atoms with van der Waals surface area (Å²) >= 11 is 0. The molecule has 1 unspecified atom stereocenters. The van der Waals surface area contributed by atoms with E-state index < -0.39 is 11.7 Å². The van der Waals surface area contributed by atoms with Crippen LogP contribution in [0.1, 0.15) is 93.9 Å². The summed E-state index contributed by atoms with van der Waals surface area (Å²) in [5.74, 6) is 10.1. The van der Waals surface area contributed by atoms with Crippen molar-refractivity contribution in [3.8, 4) is 28.7 Å². The van der Waals surface area contributed by atoms with Gasteiger partial charge in [0.25, 0.3) is 0 Å². The van der Waals surface area contributed by atoms with Crippen molar-refractivity contribution < 1.29 is 20.1 Å². The monoisotopic (exact) mass is 642 g/mol. The van der Waals surface area contributed by atoms with Gasteiger partial charge in [-0.25, -0.2) is 0 Å². The Morgan fingerprint density at radius 1 is 0.896 bits per heavy atom. The normalized spacial score (nSPS) is 33.1. The molecule has 9 rings (SSSR count). The summed E-state index contributed by atoms with van der Waals surface area (Å²) in [6, 6.07) is 23.3. The van der Waals surface area contributed by atoms with Gasteiger partial charge in [0.15, 0.2) is 0 Å². The number of aryl methyl sites for hydroxylation is 1. The van der Waals surface area contributed by atoms with Crippen LogP contribution >= 0.6 is 0 Å². The van der Waals surface area contributed by atoms with E-state index in [1.54, 1.807) is 0 Å². The molecule has 0 saturated heterocycles. The Kier molecular flexibility index (Phi) is 7.91. The van der Waals surface area contributed by atoms with Crippen molar-refractivity contribution in [3.05, 3.63) is 101 Å². The Bertz CT molecular complexity index is 1770. The molecule has 3 saturated carbocycles. The van der Waals surface area contributed by atoms with Crippen molar-refractivity contribution in [1.82, 2.24) is 0 Å². The van der Waals surface area contributed by atoms with Crippen LogP contribution in [-0.2, 0) is 19.6 Å². The van der Waals surface area contributed by atoms with Crippen LogP contribution in [0.2, 0.25) is 0 Å². The Hall–Kier alpha value is -3.36.